The maximum atomic E-state index is 4.91. The molecule has 42 valence electrons. The monoisotopic (exact) mass is 134 g/mol. The summed E-state index contributed by atoms with van der Waals surface area (Å²) in [6.45, 7) is 2.19. The van der Waals surface area contributed by atoms with Crippen molar-refractivity contribution >= 4 is 24.6 Å². The van der Waals surface area contributed by atoms with Gasteiger partial charge in [-0.25, -0.2) is 0 Å². The Morgan fingerprint density at radius 1 is 1.29 bits per heavy atom. The third-order valence-corrected chi connectivity index (χ3v) is 2.28. The van der Waals surface area contributed by atoms with Crippen LogP contribution in [-0.4, -0.2) is 28.9 Å². The molecule has 0 aromatic carbocycles. The van der Waals surface area contributed by atoms with Crippen LogP contribution in [0.2, 0.25) is 0 Å². The molecular formula is C4H8NS2-. The highest BCUT2D eigenvalue weighted by molar-refractivity contribution is 7.99. The maximum absolute atomic E-state index is 4.91. The SMILES string of the molecule is [S-]N1CCSCC1. The van der Waals surface area contributed by atoms with Crippen LogP contribution in [0.1, 0.15) is 0 Å². The van der Waals surface area contributed by atoms with Gasteiger partial charge in [0.15, 0.2) is 0 Å². The van der Waals surface area contributed by atoms with Crippen LogP contribution in [0.25, 0.3) is 0 Å². The van der Waals surface area contributed by atoms with Crippen LogP contribution in [-0.2, 0) is 12.8 Å². The van der Waals surface area contributed by atoms with Crippen LogP contribution in [0.15, 0.2) is 0 Å². The highest BCUT2D eigenvalue weighted by Crippen LogP contribution is 2.06. The summed E-state index contributed by atoms with van der Waals surface area (Å²) in [5.74, 6) is 2.45. The summed E-state index contributed by atoms with van der Waals surface area (Å²) in [5.41, 5.74) is 0. The number of nitrogens with zero attached hydrogens (tertiary/aromatic N) is 1. The van der Waals surface area contributed by atoms with Crippen molar-refractivity contribution in [2.45, 2.75) is 0 Å². The van der Waals surface area contributed by atoms with Gasteiger partial charge in [-0.05, 0) is 13.1 Å². The molecule has 3 heteroatoms. The topological polar surface area (TPSA) is 3.24 Å². The fourth-order valence-electron chi connectivity index (χ4n) is 0.547. The summed E-state index contributed by atoms with van der Waals surface area (Å²) in [6.07, 6.45) is 0. The van der Waals surface area contributed by atoms with E-state index in [4.69, 9.17) is 12.8 Å². The van der Waals surface area contributed by atoms with Crippen molar-refractivity contribution in [1.82, 2.24) is 4.31 Å². The molecule has 1 rings (SSSR count). The first kappa shape index (κ1) is 5.79. The largest absolute Gasteiger partial charge is 0.702 e. The predicted molar refractivity (Wildman–Crippen MR) is 36.3 cm³/mol. The molecule has 0 aromatic heterocycles. The normalized spacial score (nSPS) is 25.3. The second-order valence-corrected chi connectivity index (χ2v) is 3.28. The molecule has 1 saturated heterocycles. The molecule has 0 N–H and O–H groups in total. The smallest absolute Gasteiger partial charge is 0.00436 e. The standard InChI is InChI=1S/C4H8NS2/c6-5-1-3-7-4-2-5/h1-4H2/q-1. The molecule has 0 amide bonds. The predicted octanol–water partition coefficient (Wildman–Crippen LogP) is 0.497. The Morgan fingerprint density at radius 2 is 1.86 bits per heavy atom. The Bertz CT molecular complexity index is 51.7. The molecule has 0 saturated carbocycles. The van der Waals surface area contributed by atoms with Gasteiger partial charge in [0.1, 0.15) is 0 Å². The average Bonchev–Trinajstić information content (AvgIpc) is 1.69. The molecule has 7 heavy (non-hydrogen) atoms. The van der Waals surface area contributed by atoms with Crippen molar-refractivity contribution in [3.8, 4) is 0 Å². The van der Waals surface area contributed by atoms with Crippen LogP contribution in [0.3, 0.4) is 0 Å². The summed E-state index contributed by atoms with van der Waals surface area (Å²) in [7, 11) is 0. The Balaban J connectivity index is 2.12. The fourth-order valence-corrected chi connectivity index (χ4v) is 1.86. The Hall–Kier alpha value is 0.660. The van der Waals surface area contributed by atoms with Crippen molar-refractivity contribution in [2.75, 3.05) is 24.6 Å². The van der Waals surface area contributed by atoms with E-state index in [1.165, 1.54) is 11.5 Å². The zero-order valence-electron chi connectivity index (χ0n) is 4.09. The van der Waals surface area contributed by atoms with Gasteiger partial charge in [-0.3, -0.25) is 0 Å². The minimum absolute atomic E-state index is 1.10. The number of thioether (sulfide) groups is 1. The van der Waals surface area contributed by atoms with E-state index in [-0.39, 0.29) is 0 Å². The lowest BCUT2D eigenvalue weighted by atomic mass is 10.6. The van der Waals surface area contributed by atoms with E-state index in [0.717, 1.165) is 13.1 Å². The lowest BCUT2D eigenvalue weighted by Crippen LogP contribution is -2.26. The Morgan fingerprint density at radius 3 is 2.14 bits per heavy atom. The third kappa shape index (κ3) is 1.93. The highest BCUT2D eigenvalue weighted by Gasteiger charge is 1.96. The van der Waals surface area contributed by atoms with Gasteiger partial charge in [-0.2, -0.15) is 11.8 Å². The highest BCUT2D eigenvalue weighted by atomic mass is 32.2. The summed E-state index contributed by atoms with van der Waals surface area (Å²) < 4.78 is 1.95. The molecular weight excluding hydrogens is 126 g/mol. The summed E-state index contributed by atoms with van der Waals surface area (Å²) >= 11 is 6.90. The average molecular weight is 134 g/mol. The van der Waals surface area contributed by atoms with Crippen LogP contribution in [0.5, 0.6) is 0 Å². The van der Waals surface area contributed by atoms with Crippen molar-refractivity contribution in [3.05, 3.63) is 0 Å². The van der Waals surface area contributed by atoms with Gasteiger partial charge in [0.2, 0.25) is 0 Å². The van der Waals surface area contributed by atoms with Gasteiger partial charge < -0.3 is 17.1 Å². The van der Waals surface area contributed by atoms with Crippen molar-refractivity contribution in [1.29, 1.82) is 0 Å². The maximum Gasteiger partial charge on any atom is 0.00436 e. The number of hydrogen-bond donors (Lipinski definition) is 0. The summed E-state index contributed by atoms with van der Waals surface area (Å²) in [4.78, 5) is 0. The molecule has 1 heterocycles. The first-order valence-electron chi connectivity index (χ1n) is 2.39. The van der Waals surface area contributed by atoms with Gasteiger partial charge in [-0.1, -0.05) is 0 Å². The molecule has 1 aliphatic heterocycles. The fraction of sp³-hybridized carbons (Fsp3) is 1.00. The van der Waals surface area contributed by atoms with E-state index < -0.39 is 0 Å². The first-order valence-corrected chi connectivity index (χ1v) is 3.91. The molecule has 1 fully saturated rings. The number of rotatable bonds is 0. The Kier molecular flexibility index (Phi) is 2.35. The first-order chi connectivity index (χ1) is 3.39. The van der Waals surface area contributed by atoms with Crippen LogP contribution < -0.4 is 0 Å². The van der Waals surface area contributed by atoms with E-state index in [1.54, 1.807) is 0 Å². The molecule has 0 bridgehead atoms. The second kappa shape index (κ2) is 2.84. The van der Waals surface area contributed by atoms with Crippen molar-refractivity contribution < 1.29 is 0 Å². The third-order valence-electron chi connectivity index (χ3n) is 0.970. The quantitative estimate of drug-likeness (QED) is 0.444. The molecule has 0 spiro atoms. The number of hydrogen-bond acceptors (Lipinski definition) is 3. The molecule has 0 aromatic rings. The molecule has 0 radical (unpaired) electrons. The Labute approximate surface area is 54.0 Å². The molecule has 0 aliphatic carbocycles. The van der Waals surface area contributed by atoms with Gasteiger partial charge in [0.25, 0.3) is 0 Å². The van der Waals surface area contributed by atoms with E-state index >= 15 is 0 Å². The van der Waals surface area contributed by atoms with Crippen molar-refractivity contribution in [2.24, 2.45) is 0 Å². The lowest BCUT2D eigenvalue weighted by molar-refractivity contribution is 0.526. The molecule has 0 unspecified atom stereocenters. The lowest BCUT2D eigenvalue weighted by Gasteiger charge is -2.32. The van der Waals surface area contributed by atoms with Crippen LogP contribution in [0.4, 0.5) is 0 Å². The van der Waals surface area contributed by atoms with Gasteiger partial charge in [0, 0.05) is 11.5 Å². The van der Waals surface area contributed by atoms with Crippen LogP contribution in [0, 0.1) is 0 Å². The van der Waals surface area contributed by atoms with E-state index in [1.807, 2.05) is 16.1 Å². The summed E-state index contributed by atoms with van der Waals surface area (Å²) in [5, 5.41) is 0. The zero-order valence-corrected chi connectivity index (χ0v) is 5.73. The second-order valence-electron chi connectivity index (χ2n) is 1.54. The minimum atomic E-state index is 1.10. The van der Waals surface area contributed by atoms with Gasteiger partial charge in [0.05, 0.1) is 0 Å². The molecule has 1 aliphatic rings. The molecule has 1 nitrogen and oxygen atoms in total. The van der Waals surface area contributed by atoms with E-state index in [9.17, 15) is 0 Å². The summed E-state index contributed by atoms with van der Waals surface area (Å²) in [6, 6.07) is 0. The van der Waals surface area contributed by atoms with Crippen LogP contribution >= 0.6 is 11.8 Å². The van der Waals surface area contributed by atoms with Gasteiger partial charge >= 0.3 is 0 Å². The van der Waals surface area contributed by atoms with Crippen molar-refractivity contribution in [3.63, 3.8) is 0 Å². The van der Waals surface area contributed by atoms with E-state index in [2.05, 4.69) is 0 Å². The minimum Gasteiger partial charge on any atom is -0.702 e. The zero-order chi connectivity index (χ0) is 5.11. The van der Waals surface area contributed by atoms with Gasteiger partial charge in [-0.15, -0.1) is 0 Å². The molecule has 0 atom stereocenters. The van der Waals surface area contributed by atoms with E-state index in [0.29, 0.717) is 0 Å².